The lowest BCUT2D eigenvalue weighted by Crippen LogP contribution is -2.43. The van der Waals surface area contributed by atoms with Gasteiger partial charge in [-0.25, -0.2) is 4.79 Å². The first-order valence-corrected chi connectivity index (χ1v) is 6.86. The minimum atomic E-state index is -1.19. The van der Waals surface area contributed by atoms with Gasteiger partial charge in [-0.05, 0) is 31.4 Å². The molecule has 1 atom stereocenters. The summed E-state index contributed by atoms with van der Waals surface area (Å²) in [6.45, 7) is 2.43. The average Bonchev–Trinajstić information content (AvgIpc) is 2.84. The maximum Gasteiger partial charge on any atom is 0.314 e. The number of urea groups is 1. The first-order valence-electron chi connectivity index (χ1n) is 6.86. The lowest BCUT2D eigenvalue weighted by Gasteiger charge is -2.25. The van der Waals surface area contributed by atoms with Gasteiger partial charge in [0.2, 0.25) is 0 Å². The second-order valence-electron chi connectivity index (χ2n) is 5.45. The van der Waals surface area contributed by atoms with Crippen molar-refractivity contribution in [2.75, 3.05) is 13.1 Å². The average molecular weight is 266 g/mol. The number of nitrogens with one attached hydrogen (secondary N) is 2. The molecule has 1 aliphatic rings. The molecular formula is C14H22N2O3. The second-order valence-corrected chi connectivity index (χ2v) is 5.45. The van der Waals surface area contributed by atoms with Crippen LogP contribution >= 0.6 is 0 Å². The molecule has 1 saturated carbocycles. The zero-order valence-corrected chi connectivity index (χ0v) is 11.3. The Morgan fingerprint density at radius 2 is 2.32 bits per heavy atom. The van der Waals surface area contributed by atoms with Crippen molar-refractivity contribution in [2.24, 2.45) is 5.92 Å². The van der Waals surface area contributed by atoms with Crippen LogP contribution in [0.15, 0.2) is 22.8 Å². The Balaban J connectivity index is 1.65. The van der Waals surface area contributed by atoms with Crippen molar-refractivity contribution >= 4 is 6.03 Å². The van der Waals surface area contributed by atoms with Crippen molar-refractivity contribution in [2.45, 2.75) is 38.2 Å². The van der Waals surface area contributed by atoms with Crippen LogP contribution < -0.4 is 10.6 Å². The van der Waals surface area contributed by atoms with Gasteiger partial charge in [0.1, 0.15) is 11.4 Å². The summed E-state index contributed by atoms with van der Waals surface area (Å²) in [6.07, 6.45) is 6.44. The number of furan rings is 1. The Morgan fingerprint density at radius 1 is 1.53 bits per heavy atom. The van der Waals surface area contributed by atoms with Crippen molar-refractivity contribution in [3.8, 4) is 0 Å². The molecular weight excluding hydrogens is 244 g/mol. The molecule has 1 fully saturated rings. The summed E-state index contributed by atoms with van der Waals surface area (Å²) in [6, 6.07) is 3.16. The van der Waals surface area contributed by atoms with Gasteiger partial charge in [0, 0.05) is 6.54 Å². The van der Waals surface area contributed by atoms with Gasteiger partial charge < -0.3 is 20.2 Å². The SMILES string of the molecule is CC(O)(CNC(=O)NCCC1CCC1)c1ccco1. The van der Waals surface area contributed by atoms with E-state index in [1.54, 1.807) is 19.1 Å². The lowest BCUT2D eigenvalue weighted by molar-refractivity contribution is 0.0367. The summed E-state index contributed by atoms with van der Waals surface area (Å²) in [4.78, 5) is 11.6. The highest BCUT2D eigenvalue weighted by Gasteiger charge is 2.26. The van der Waals surface area contributed by atoms with Crippen LogP contribution in [0.5, 0.6) is 0 Å². The van der Waals surface area contributed by atoms with E-state index in [9.17, 15) is 9.90 Å². The number of rotatable bonds is 6. The molecule has 106 valence electrons. The molecule has 0 radical (unpaired) electrons. The maximum absolute atomic E-state index is 11.6. The Morgan fingerprint density at radius 3 is 2.89 bits per heavy atom. The molecule has 2 amide bonds. The fourth-order valence-electron chi connectivity index (χ4n) is 2.16. The van der Waals surface area contributed by atoms with Crippen molar-refractivity contribution in [1.29, 1.82) is 0 Å². The van der Waals surface area contributed by atoms with Crippen LogP contribution in [0, 0.1) is 5.92 Å². The van der Waals surface area contributed by atoms with Gasteiger partial charge in [0.25, 0.3) is 0 Å². The van der Waals surface area contributed by atoms with Gasteiger partial charge in [0.15, 0.2) is 0 Å². The van der Waals surface area contributed by atoms with E-state index in [1.807, 2.05) is 0 Å². The van der Waals surface area contributed by atoms with E-state index in [0.29, 0.717) is 12.3 Å². The van der Waals surface area contributed by atoms with Crippen molar-refractivity contribution < 1.29 is 14.3 Å². The van der Waals surface area contributed by atoms with E-state index >= 15 is 0 Å². The predicted molar refractivity (Wildman–Crippen MR) is 71.6 cm³/mol. The van der Waals surface area contributed by atoms with Gasteiger partial charge in [-0.3, -0.25) is 0 Å². The van der Waals surface area contributed by atoms with E-state index in [2.05, 4.69) is 10.6 Å². The molecule has 0 aromatic carbocycles. The quantitative estimate of drug-likeness (QED) is 0.737. The molecule has 0 saturated heterocycles. The Bertz CT molecular complexity index is 397. The number of amides is 2. The topological polar surface area (TPSA) is 74.5 Å². The minimum absolute atomic E-state index is 0.121. The normalized spacial score (nSPS) is 18.4. The third kappa shape index (κ3) is 3.99. The largest absolute Gasteiger partial charge is 0.466 e. The van der Waals surface area contributed by atoms with Crippen molar-refractivity contribution in [3.63, 3.8) is 0 Å². The summed E-state index contributed by atoms with van der Waals surface area (Å²) in [5.41, 5.74) is -1.19. The smallest absolute Gasteiger partial charge is 0.314 e. The monoisotopic (exact) mass is 266 g/mol. The third-order valence-electron chi connectivity index (χ3n) is 3.71. The Kier molecular flexibility index (Phi) is 4.47. The third-order valence-corrected chi connectivity index (χ3v) is 3.71. The molecule has 0 bridgehead atoms. The molecule has 1 unspecified atom stereocenters. The number of aliphatic hydroxyl groups is 1. The molecule has 1 aromatic rings. The van der Waals surface area contributed by atoms with E-state index in [-0.39, 0.29) is 12.6 Å². The number of hydrogen-bond donors (Lipinski definition) is 3. The molecule has 0 aliphatic heterocycles. The molecule has 1 heterocycles. The van der Waals surface area contributed by atoms with E-state index < -0.39 is 5.60 Å². The Hall–Kier alpha value is -1.49. The highest BCUT2D eigenvalue weighted by molar-refractivity contribution is 5.73. The van der Waals surface area contributed by atoms with Gasteiger partial charge in [-0.2, -0.15) is 0 Å². The van der Waals surface area contributed by atoms with Gasteiger partial charge >= 0.3 is 6.03 Å². The summed E-state index contributed by atoms with van der Waals surface area (Å²) < 4.78 is 5.14. The molecule has 5 heteroatoms. The fraction of sp³-hybridized carbons (Fsp3) is 0.643. The molecule has 1 aromatic heterocycles. The first-order chi connectivity index (χ1) is 9.08. The first kappa shape index (κ1) is 13.9. The van der Waals surface area contributed by atoms with Crippen LogP contribution in [0.4, 0.5) is 4.79 Å². The zero-order valence-electron chi connectivity index (χ0n) is 11.3. The highest BCUT2D eigenvalue weighted by Crippen LogP contribution is 2.28. The van der Waals surface area contributed by atoms with E-state index in [1.165, 1.54) is 25.5 Å². The molecule has 5 nitrogen and oxygen atoms in total. The van der Waals surface area contributed by atoms with Crippen LogP contribution in [0.25, 0.3) is 0 Å². The minimum Gasteiger partial charge on any atom is -0.466 e. The maximum atomic E-state index is 11.6. The molecule has 1 aliphatic carbocycles. The summed E-state index contributed by atoms with van der Waals surface area (Å²) in [5, 5.41) is 15.6. The highest BCUT2D eigenvalue weighted by atomic mass is 16.4. The predicted octanol–water partition coefficient (Wildman–Crippen LogP) is 1.98. The van der Waals surface area contributed by atoms with Crippen LogP contribution in [-0.2, 0) is 5.60 Å². The van der Waals surface area contributed by atoms with Crippen LogP contribution in [0.2, 0.25) is 0 Å². The van der Waals surface area contributed by atoms with Crippen molar-refractivity contribution in [1.82, 2.24) is 10.6 Å². The summed E-state index contributed by atoms with van der Waals surface area (Å²) in [7, 11) is 0. The van der Waals surface area contributed by atoms with Crippen LogP contribution in [0.1, 0.15) is 38.4 Å². The van der Waals surface area contributed by atoms with E-state index in [4.69, 9.17) is 4.42 Å². The molecule has 0 spiro atoms. The molecule has 19 heavy (non-hydrogen) atoms. The number of carbonyl (C=O) groups excluding carboxylic acids is 1. The standard InChI is InChI=1S/C14H22N2O3/c1-14(18,12-6-3-9-19-12)10-16-13(17)15-8-7-11-4-2-5-11/h3,6,9,11,18H,2,4-5,7-8,10H2,1H3,(H2,15,16,17). The zero-order chi connectivity index (χ0) is 13.7. The van der Waals surface area contributed by atoms with E-state index in [0.717, 1.165) is 12.3 Å². The molecule has 3 N–H and O–H groups in total. The van der Waals surface area contributed by atoms with Gasteiger partial charge in [-0.1, -0.05) is 19.3 Å². The van der Waals surface area contributed by atoms with Crippen LogP contribution in [-0.4, -0.2) is 24.2 Å². The molecule has 2 rings (SSSR count). The van der Waals surface area contributed by atoms with Gasteiger partial charge in [-0.15, -0.1) is 0 Å². The second kappa shape index (κ2) is 6.10. The summed E-state index contributed by atoms with van der Waals surface area (Å²) in [5.74, 6) is 1.23. The fourth-order valence-corrected chi connectivity index (χ4v) is 2.16. The number of hydrogen-bond acceptors (Lipinski definition) is 3. The number of carbonyl (C=O) groups is 1. The summed E-state index contributed by atoms with van der Waals surface area (Å²) >= 11 is 0. The van der Waals surface area contributed by atoms with Gasteiger partial charge in [0.05, 0.1) is 12.8 Å². The van der Waals surface area contributed by atoms with Crippen molar-refractivity contribution in [3.05, 3.63) is 24.2 Å². The Labute approximate surface area is 113 Å². The van der Waals surface area contributed by atoms with Crippen LogP contribution in [0.3, 0.4) is 0 Å². The lowest BCUT2D eigenvalue weighted by atomic mass is 9.83.